The second kappa shape index (κ2) is 6.00. The molecule has 0 radical (unpaired) electrons. The molecule has 0 N–H and O–H groups in total. The lowest BCUT2D eigenvalue weighted by Gasteiger charge is -2.18. The van der Waals surface area contributed by atoms with Crippen LogP contribution in [-0.4, -0.2) is 19.0 Å². The summed E-state index contributed by atoms with van der Waals surface area (Å²) >= 11 is 0. The van der Waals surface area contributed by atoms with E-state index in [4.69, 9.17) is 9.47 Å². The Morgan fingerprint density at radius 2 is 1.71 bits per heavy atom. The Hall–Kier alpha value is -2.29. The van der Waals surface area contributed by atoms with Crippen LogP contribution in [0.2, 0.25) is 0 Å². The van der Waals surface area contributed by atoms with Crippen LogP contribution in [-0.2, 0) is 6.42 Å². The molecule has 0 fully saturated rings. The molecule has 0 saturated carbocycles. The van der Waals surface area contributed by atoms with Crippen LogP contribution in [0.1, 0.15) is 27.9 Å². The number of hydrogen-bond donors (Lipinski definition) is 0. The number of rotatable bonds is 4. The van der Waals surface area contributed by atoms with Crippen molar-refractivity contribution in [2.24, 2.45) is 0 Å². The van der Waals surface area contributed by atoms with Gasteiger partial charge in [-0.2, -0.15) is 0 Å². The molecule has 2 aromatic rings. The molecule has 1 aliphatic heterocycles. The van der Waals surface area contributed by atoms with Crippen molar-refractivity contribution in [1.29, 1.82) is 0 Å². The van der Waals surface area contributed by atoms with E-state index in [-0.39, 0.29) is 5.78 Å². The molecule has 0 atom stereocenters. The van der Waals surface area contributed by atoms with Crippen LogP contribution in [0.25, 0.3) is 0 Å². The first-order valence-corrected chi connectivity index (χ1v) is 7.21. The van der Waals surface area contributed by atoms with Crippen molar-refractivity contribution in [3.05, 3.63) is 59.2 Å². The third-order valence-electron chi connectivity index (χ3n) is 3.63. The summed E-state index contributed by atoms with van der Waals surface area (Å²) in [6, 6.07) is 13.7. The maximum absolute atomic E-state index is 12.3. The molecule has 0 bridgehead atoms. The Bertz CT molecular complexity index is 644. The predicted molar refractivity (Wildman–Crippen MR) is 81.3 cm³/mol. The van der Waals surface area contributed by atoms with Crippen LogP contribution in [0.4, 0.5) is 0 Å². The van der Waals surface area contributed by atoms with Gasteiger partial charge in [0.15, 0.2) is 17.3 Å². The molecule has 0 saturated heterocycles. The first-order valence-electron chi connectivity index (χ1n) is 7.21. The average Bonchev–Trinajstić information content (AvgIpc) is 2.53. The van der Waals surface area contributed by atoms with E-state index >= 15 is 0 Å². The van der Waals surface area contributed by atoms with Crippen molar-refractivity contribution >= 4 is 5.78 Å². The second-order valence-corrected chi connectivity index (χ2v) is 5.27. The Morgan fingerprint density at radius 3 is 2.48 bits per heavy atom. The van der Waals surface area contributed by atoms with Gasteiger partial charge in [0.1, 0.15) is 13.2 Å². The standard InChI is InChI=1S/C18H18O3/c1-13-2-4-14(5-3-13)6-8-16(19)15-7-9-17-18(12-15)21-11-10-20-17/h2-5,7,9,12H,6,8,10-11H2,1H3. The van der Waals surface area contributed by atoms with E-state index in [0.717, 1.165) is 12.2 Å². The molecule has 1 heterocycles. The Morgan fingerprint density at radius 1 is 1.00 bits per heavy atom. The monoisotopic (exact) mass is 282 g/mol. The summed E-state index contributed by atoms with van der Waals surface area (Å²) in [7, 11) is 0. The average molecular weight is 282 g/mol. The van der Waals surface area contributed by atoms with E-state index in [2.05, 4.69) is 31.2 Å². The molecule has 2 aromatic carbocycles. The SMILES string of the molecule is Cc1ccc(CCC(=O)c2ccc3c(c2)OCCO3)cc1. The van der Waals surface area contributed by atoms with Crippen molar-refractivity contribution in [3.63, 3.8) is 0 Å². The van der Waals surface area contributed by atoms with Gasteiger partial charge >= 0.3 is 0 Å². The molecule has 0 amide bonds. The molecule has 3 nitrogen and oxygen atoms in total. The highest BCUT2D eigenvalue weighted by atomic mass is 16.6. The molecule has 21 heavy (non-hydrogen) atoms. The molecule has 0 aliphatic carbocycles. The quantitative estimate of drug-likeness (QED) is 0.804. The van der Waals surface area contributed by atoms with Gasteiger partial charge in [-0.15, -0.1) is 0 Å². The molecule has 1 aliphatic rings. The van der Waals surface area contributed by atoms with Gasteiger partial charge in [0.05, 0.1) is 0 Å². The third kappa shape index (κ3) is 3.24. The lowest BCUT2D eigenvalue weighted by Crippen LogP contribution is -2.15. The smallest absolute Gasteiger partial charge is 0.163 e. The minimum Gasteiger partial charge on any atom is -0.486 e. The predicted octanol–water partition coefficient (Wildman–Crippen LogP) is 3.58. The van der Waals surface area contributed by atoms with Crippen LogP contribution in [0.3, 0.4) is 0 Å². The number of benzene rings is 2. The normalized spacial score (nSPS) is 13.0. The zero-order chi connectivity index (χ0) is 14.7. The minimum absolute atomic E-state index is 0.132. The van der Waals surface area contributed by atoms with Crippen molar-refractivity contribution < 1.29 is 14.3 Å². The number of hydrogen-bond acceptors (Lipinski definition) is 3. The summed E-state index contributed by atoms with van der Waals surface area (Å²) in [4.78, 5) is 12.3. The fraction of sp³-hybridized carbons (Fsp3) is 0.278. The Balaban J connectivity index is 1.66. The number of Topliss-reactive ketones (excluding diaryl/α,β-unsaturated/α-hetero) is 1. The van der Waals surface area contributed by atoms with Crippen molar-refractivity contribution in [1.82, 2.24) is 0 Å². The summed E-state index contributed by atoms with van der Waals surface area (Å²) in [5, 5.41) is 0. The lowest BCUT2D eigenvalue weighted by atomic mass is 10.0. The van der Waals surface area contributed by atoms with Crippen LogP contribution in [0, 0.1) is 6.92 Å². The van der Waals surface area contributed by atoms with Gasteiger partial charge in [0, 0.05) is 12.0 Å². The fourth-order valence-corrected chi connectivity index (χ4v) is 2.37. The molecule has 0 aromatic heterocycles. The van der Waals surface area contributed by atoms with Crippen molar-refractivity contribution in [2.75, 3.05) is 13.2 Å². The van der Waals surface area contributed by atoms with E-state index in [1.165, 1.54) is 11.1 Å². The number of carbonyl (C=O) groups excluding carboxylic acids is 1. The minimum atomic E-state index is 0.132. The van der Waals surface area contributed by atoms with Crippen molar-refractivity contribution in [3.8, 4) is 11.5 Å². The van der Waals surface area contributed by atoms with E-state index in [9.17, 15) is 4.79 Å². The Kier molecular flexibility index (Phi) is 3.91. The highest BCUT2D eigenvalue weighted by molar-refractivity contribution is 5.96. The molecule has 108 valence electrons. The molecular formula is C18H18O3. The molecule has 3 rings (SSSR count). The number of carbonyl (C=O) groups is 1. The number of aryl methyl sites for hydroxylation is 2. The van der Waals surface area contributed by atoms with Gasteiger partial charge in [0.2, 0.25) is 0 Å². The summed E-state index contributed by atoms with van der Waals surface area (Å²) in [5.74, 6) is 1.52. The van der Waals surface area contributed by atoms with Crippen LogP contribution >= 0.6 is 0 Å². The maximum atomic E-state index is 12.3. The largest absolute Gasteiger partial charge is 0.486 e. The number of ketones is 1. The first kappa shape index (κ1) is 13.7. The van der Waals surface area contributed by atoms with Crippen molar-refractivity contribution in [2.45, 2.75) is 19.8 Å². The first-order chi connectivity index (χ1) is 10.2. The summed E-state index contributed by atoms with van der Waals surface area (Å²) in [5.41, 5.74) is 3.11. The highest BCUT2D eigenvalue weighted by Crippen LogP contribution is 2.31. The van der Waals surface area contributed by atoms with Crippen LogP contribution < -0.4 is 9.47 Å². The Labute approximate surface area is 124 Å². The van der Waals surface area contributed by atoms with Gasteiger partial charge in [-0.1, -0.05) is 29.8 Å². The molecule has 0 spiro atoms. The highest BCUT2D eigenvalue weighted by Gasteiger charge is 2.14. The zero-order valence-electron chi connectivity index (χ0n) is 12.1. The van der Waals surface area contributed by atoms with E-state index in [0.29, 0.717) is 30.9 Å². The van der Waals surface area contributed by atoms with Gasteiger partial charge in [-0.05, 0) is 37.1 Å². The summed E-state index contributed by atoms with van der Waals surface area (Å²) in [6.45, 7) is 3.16. The lowest BCUT2D eigenvalue weighted by molar-refractivity contribution is 0.0981. The summed E-state index contributed by atoms with van der Waals surface area (Å²) in [6.07, 6.45) is 1.26. The van der Waals surface area contributed by atoms with Gasteiger partial charge < -0.3 is 9.47 Å². The van der Waals surface area contributed by atoms with E-state index < -0.39 is 0 Å². The topological polar surface area (TPSA) is 35.5 Å². The molecular weight excluding hydrogens is 264 g/mol. The fourth-order valence-electron chi connectivity index (χ4n) is 2.37. The van der Waals surface area contributed by atoms with Gasteiger partial charge in [-0.3, -0.25) is 4.79 Å². The van der Waals surface area contributed by atoms with E-state index in [1.807, 2.05) is 12.1 Å². The third-order valence-corrected chi connectivity index (χ3v) is 3.63. The van der Waals surface area contributed by atoms with E-state index in [1.54, 1.807) is 6.07 Å². The number of fused-ring (bicyclic) bond motifs is 1. The summed E-state index contributed by atoms with van der Waals surface area (Å²) < 4.78 is 11.0. The second-order valence-electron chi connectivity index (χ2n) is 5.27. The number of ether oxygens (including phenoxy) is 2. The van der Waals surface area contributed by atoms with Crippen LogP contribution in [0.5, 0.6) is 11.5 Å². The van der Waals surface area contributed by atoms with Gasteiger partial charge in [-0.25, -0.2) is 0 Å². The van der Waals surface area contributed by atoms with Gasteiger partial charge in [0.25, 0.3) is 0 Å². The molecule has 3 heteroatoms. The van der Waals surface area contributed by atoms with Crippen LogP contribution in [0.15, 0.2) is 42.5 Å². The molecule has 0 unspecified atom stereocenters. The zero-order valence-corrected chi connectivity index (χ0v) is 12.1. The maximum Gasteiger partial charge on any atom is 0.163 e.